The zero-order valence-corrected chi connectivity index (χ0v) is 22.9. The molecule has 192 valence electrons. The predicted molar refractivity (Wildman–Crippen MR) is 139 cm³/mol. The summed E-state index contributed by atoms with van der Waals surface area (Å²) < 4.78 is 25.1. The smallest absolute Gasteiger partial charge is 0.236 e. The van der Waals surface area contributed by atoms with Crippen molar-refractivity contribution in [2.24, 2.45) is 11.8 Å². The number of hydrogen-bond acceptors (Lipinski definition) is 7. The average Bonchev–Trinajstić information content (AvgIpc) is 3.28. The van der Waals surface area contributed by atoms with Crippen molar-refractivity contribution in [3.05, 3.63) is 45.1 Å². The van der Waals surface area contributed by atoms with Crippen LogP contribution >= 0.6 is 27.3 Å². The number of rotatable bonds is 13. The van der Waals surface area contributed by atoms with E-state index in [0.717, 1.165) is 20.8 Å². The minimum Gasteiger partial charge on any atom is -0.393 e. The molecule has 1 amide bonds. The molecule has 0 spiro atoms. The Morgan fingerprint density at radius 2 is 2.03 bits per heavy atom. The zero-order chi connectivity index (χ0) is 25.3. The first-order valence-corrected chi connectivity index (χ1v) is 15.1. The number of aliphatic hydroxyl groups excluding tert-OH is 3. The van der Waals surface area contributed by atoms with Crippen LogP contribution in [0, 0.1) is 11.8 Å². The molecule has 1 aromatic rings. The van der Waals surface area contributed by atoms with E-state index in [4.69, 9.17) is 0 Å². The second kappa shape index (κ2) is 13.9. The molecule has 0 unspecified atom stereocenters. The quantitative estimate of drug-likeness (QED) is 0.243. The standard InChI is InChI=1S/C24H36BrNO6S2/c1-3-26(34(2,31)32)24(30)9-7-5-4-6-8-19-20(22(29)16-21(19)28)14-11-17(27)10-12-18-13-15-23(25)33-18/h4,6,11,13-15,17,19-22,27-29H,3,5,7-10,12,16H2,1-2H3/b6-4-,14-11+/t17-,19+,20+,21-,22+/m0/s1. The van der Waals surface area contributed by atoms with Crippen molar-refractivity contribution in [2.45, 2.75) is 70.2 Å². The van der Waals surface area contributed by atoms with Gasteiger partial charge in [-0.1, -0.05) is 24.3 Å². The van der Waals surface area contributed by atoms with Crippen molar-refractivity contribution in [3.8, 4) is 0 Å². The second-order valence-electron chi connectivity index (χ2n) is 8.73. The Kier molecular flexibility index (Phi) is 11.9. The monoisotopic (exact) mass is 577 g/mol. The highest BCUT2D eigenvalue weighted by atomic mass is 79.9. The van der Waals surface area contributed by atoms with Gasteiger partial charge in [-0.25, -0.2) is 12.7 Å². The third-order valence-corrected chi connectivity index (χ3v) is 9.03. The third-order valence-electron chi connectivity index (χ3n) is 6.09. The highest BCUT2D eigenvalue weighted by Gasteiger charge is 2.39. The topological polar surface area (TPSA) is 115 Å². The Labute approximate surface area is 215 Å². The van der Waals surface area contributed by atoms with Gasteiger partial charge in [0.2, 0.25) is 15.9 Å². The van der Waals surface area contributed by atoms with Crippen molar-refractivity contribution < 1.29 is 28.5 Å². The molecule has 2 rings (SSSR count). The summed E-state index contributed by atoms with van der Waals surface area (Å²) in [6.07, 6.45) is 10.1. The fourth-order valence-corrected chi connectivity index (χ4v) is 6.73. The van der Waals surface area contributed by atoms with E-state index in [1.165, 1.54) is 4.88 Å². The highest BCUT2D eigenvalue weighted by Crippen LogP contribution is 2.36. The number of sulfonamides is 1. The molecule has 1 aromatic heterocycles. The molecule has 5 atom stereocenters. The lowest BCUT2D eigenvalue weighted by Crippen LogP contribution is -2.35. The molecule has 0 radical (unpaired) electrons. The zero-order valence-electron chi connectivity index (χ0n) is 19.7. The number of carbonyl (C=O) groups excluding carboxylic acids is 1. The van der Waals surface area contributed by atoms with E-state index in [1.807, 2.05) is 30.4 Å². The van der Waals surface area contributed by atoms with Gasteiger partial charge in [0.05, 0.1) is 28.4 Å². The van der Waals surface area contributed by atoms with E-state index in [-0.39, 0.29) is 24.8 Å². The molecular weight excluding hydrogens is 542 g/mol. The van der Waals surface area contributed by atoms with Crippen LogP contribution in [-0.4, -0.2) is 65.1 Å². The van der Waals surface area contributed by atoms with E-state index in [0.29, 0.717) is 32.1 Å². The van der Waals surface area contributed by atoms with Crippen molar-refractivity contribution in [1.29, 1.82) is 0 Å². The number of unbranched alkanes of at least 4 members (excludes halogenated alkanes) is 1. The largest absolute Gasteiger partial charge is 0.393 e. The first-order valence-electron chi connectivity index (χ1n) is 11.6. The molecule has 1 heterocycles. The van der Waals surface area contributed by atoms with Crippen molar-refractivity contribution in [3.63, 3.8) is 0 Å². The fourth-order valence-electron chi connectivity index (χ4n) is 4.30. The highest BCUT2D eigenvalue weighted by molar-refractivity contribution is 9.11. The first-order chi connectivity index (χ1) is 16.0. The van der Waals surface area contributed by atoms with E-state index in [1.54, 1.807) is 24.3 Å². The van der Waals surface area contributed by atoms with Gasteiger partial charge in [-0.2, -0.15) is 0 Å². The number of allylic oxidation sites excluding steroid dienone is 2. The molecule has 1 aliphatic rings. The number of nitrogens with zero attached hydrogens (tertiary/aromatic N) is 1. The summed E-state index contributed by atoms with van der Waals surface area (Å²) in [6, 6.07) is 4.02. The van der Waals surface area contributed by atoms with Crippen LogP contribution in [0.25, 0.3) is 0 Å². The maximum absolute atomic E-state index is 12.1. The molecule has 1 aliphatic carbocycles. The Hall–Kier alpha value is -1.04. The number of aliphatic hydroxyl groups is 3. The van der Waals surface area contributed by atoms with Gasteiger partial charge in [0.15, 0.2) is 0 Å². The van der Waals surface area contributed by atoms with Gasteiger partial charge in [-0.15, -0.1) is 11.3 Å². The van der Waals surface area contributed by atoms with E-state index in [9.17, 15) is 28.5 Å². The molecule has 10 heteroatoms. The van der Waals surface area contributed by atoms with Gasteiger partial charge in [0.1, 0.15) is 0 Å². The Balaban J connectivity index is 1.79. The number of thiophene rings is 1. The molecule has 34 heavy (non-hydrogen) atoms. The molecule has 7 nitrogen and oxygen atoms in total. The average molecular weight is 579 g/mol. The maximum Gasteiger partial charge on any atom is 0.236 e. The second-order valence-corrected chi connectivity index (χ2v) is 13.2. The first kappa shape index (κ1) is 29.2. The lowest BCUT2D eigenvalue weighted by Gasteiger charge is -2.19. The third kappa shape index (κ3) is 9.20. The molecule has 0 saturated heterocycles. The van der Waals surface area contributed by atoms with Crippen LogP contribution in [0.2, 0.25) is 0 Å². The molecule has 0 aromatic carbocycles. The van der Waals surface area contributed by atoms with Gasteiger partial charge in [0.25, 0.3) is 0 Å². The number of aryl methyl sites for hydroxylation is 1. The van der Waals surface area contributed by atoms with Crippen molar-refractivity contribution >= 4 is 43.2 Å². The van der Waals surface area contributed by atoms with Gasteiger partial charge in [0, 0.05) is 30.2 Å². The molecule has 3 N–H and O–H groups in total. The maximum atomic E-state index is 12.1. The number of hydrogen-bond donors (Lipinski definition) is 3. The Morgan fingerprint density at radius 3 is 2.65 bits per heavy atom. The summed E-state index contributed by atoms with van der Waals surface area (Å²) in [5.41, 5.74) is 0. The van der Waals surface area contributed by atoms with E-state index in [2.05, 4.69) is 15.9 Å². The molecule has 0 bridgehead atoms. The van der Waals surface area contributed by atoms with Crippen LogP contribution in [0.15, 0.2) is 40.2 Å². The fraction of sp³-hybridized carbons (Fsp3) is 0.625. The van der Waals surface area contributed by atoms with Gasteiger partial charge in [-0.05, 0) is 73.0 Å². The van der Waals surface area contributed by atoms with E-state index < -0.39 is 34.2 Å². The summed E-state index contributed by atoms with van der Waals surface area (Å²) in [7, 11) is -3.53. The summed E-state index contributed by atoms with van der Waals surface area (Å²) in [5, 5.41) is 31.1. The van der Waals surface area contributed by atoms with Crippen LogP contribution < -0.4 is 0 Å². The predicted octanol–water partition coefficient (Wildman–Crippen LogP) is 3.64. The van der Waals surface area contributed by atoms with Crippen LogP contribution in [0.1, 0.15) is 50.3 Å². The summed E-state index contributed by atoms with van der Waals surface area (Å²) in [4.78, 5) is 13.3. The van der Waals surface area contributed by atoms with Gasteiger partial charge in [-0.3, -0.25) is 4.79 Å². The lowest BCUT2D eigenvalue weighted by molar-refractivity contribution is -0.126. The minimum atomic E-state index is -3.53. The molecule has 1 fully saturated rings. The Bertz CT molecular complexity index is 945. The van der Waals surface area contributed by atoms with Crippen LogP contribution in [-0.2, 0) is 21.2 Å². The van der Waals surface area contributed by atoms with Crippen molar-refractivity contribution in [1.82, 2.24) is 4.31 Å². The number of carbonyl (C=O) groups is 1. The van der Waals surface area contributed by atoms with E-state index >= 15 is 0 Å². The Morgan fingerprint density at radius 1 is 1.29 bits per heavy atom. The van der Waals surface area contributed by atoms with Crippen molar-refractivity contribution in [2.75, 3.05) is 12.8 Å². The van der Waals surface area contributed by atoms with Gasteiger partial charge >= 0.3 is 0 Å². The van der Waals surface area contributed by atoms with Crippen LogP contribution in [0.4, 0.5) is 0 Å². The SMILES string of the molecule is CCN(C(=O)CCC/C=C\C[C@@H]1[C@@H](/C=C/[C@@H](O)CCc2ccc(Br)s2)[C@H](O)C[C@@H]1O)S(C)(=O)=O. The molecule has 0 aliphatic heterocycles. The van der Waals surface area contributed by atoms with Crippen LogP contribution in [0.5, 0.6) is 0 Å². The number of amides is 1. The molecular formula is C24H36BrNO6S2. The molecule has 1 saturated carbocycles. The normalized spacial score (nSPS) is 24.3. The lowest BCUT2D eigenvalue weighted by atomic mass is 9.89. The minimum absolute atomic E-state index is 0.130. The summed E-state index contributed by atoms with van der Waals surface area (Å²) in [6.45, 7) is 1.76. The summed E-state index contributed by atoms with van der Waals surface area (Å²) in [5.74, 6) is -0.784. The van der Waals surface area contributed by atoms with Gasteiger partial charge < -0.3 is 15.3 Å². The number of halogens is 1. The van der Waals surface area contributed by atoms with Crippen LogP contribution in [0.3, 0.4) is 0 Å². The summed E-state index contributed by atoms with van der Waals surface area (Å²) >= 11 is 5.08.